The molecule has 1 atom stereocenters. The number of hydrogen-bond donors (Lipinski definition) is 2. The highest BCUT2D eigenvalue weighted by Crippen LogP contribution is 2.37. The van der Waals surface area contributed by atoms with Crippen molar-refractivity contribution in [3.05, 3.63) is 49.0 Å². The molecule has 0 aliphatic carbocycles. The molecule has 0 fully saturated rings. The average molecular weight is 420 g/mol. The van der Waals surface area contributed by atoms with Crippen molar-refractivity contribution in [2.75, 3.05) is 6.61 Å². The van der Waals surface area contributed by atoms with Gasteiger partial charge in [-0.1, -0.05) is 19.1 Å². The first-order chi connectivity index (χ1) is 9.65. The number of benzene rings is 1. The van der Waals surface area contributed by atoms with E-state index in [1.54, 1.807) is 11.3 Å². The zero-order chi connectivity index (χ0) is 14.5. The van der Waals surface area contributed by atoms with Gasteiger partial charge in [0, 0.05) is 5.56 Å². The first-order valence-corrected chi connectivity index (χ1v) is 8.69. The summed E-state index contributed by atoms with van der Waals surface area (Å²) in [6, 6.07) is 10.0. The molecule has 1 aromatic carbocycles. The van der Waals surface area contributed by atoms with E-state index in [1.807, 2.05) is 24.3 Å². The third kappa shape index (κ3) is 3.83. The van der Waals surface area contributed by atoms with E-state index in [-0.39, 0.29) is 6.04 Å². The van der Waals surface area contributed by atoms with E-state index in [9.17, 15) is 0 Å². The van der Waals surface area contributed by atoms with Gasteiger partial charge in [0.25, 0.3) is 0 Å². The molecule has 0 aliphatic heterocycles. The van der Waals surface area contributed by atoms with Crippen LogP contribution >= 0.6 is 43.2 Å². The third-order valence-electron chi connectivity index (χ3n) is 2.85. The summed E-state index contributed by atoms with van der Waals surface area (Å²) in [6.07, 6.45) is 1.00. The second-order valence-corrected chi connectivity index (χ2v) is 8.05. The molecule has 2 aromatic rings. The number of thiophene rings is 1. The van der Waals surface area contributed by atoms with Gasteiger partial charge in [-0.15, -0.1) is 11.3 Å². The predicted octanol–water partition coefficient (Wildman–Crippen LogP) is 4.61. The number of hydrogen-bond acceptors (Lipinski definition) is 4. The van der Waals surface area contributed by atoms with Gasteiger partial charge < -0.3 is 4.74 Å². The van der Waals surface area contributed by atoms with Crippen molar-refractivity contribution >= 4 is 43.2 Å². The summed E-state index contributed by atoms with van der Waals surface area (Å²) < 4.78 is 7.73. The first-order valence-electron chi connectivity index (χ1n) is 6.29. The summed E-state index contributed by atoms with van der Waals surface area (Å²) >= 11 is 8.70. The van der Waals surface area contributed by atoms with Gasteiger partial charge in [-0.3, -0.25) is 5.84 Å². The molecule has 2 rings (SSSR count). The summed E-state index contributed by atoms with van der Waals surface area (Å²) in [6.45, 7) is 2.83. The normalized spacial score (nSPS) is 12.4. The van der Waals surface area contributed by atoms with Crippen LogP contribution in [0, 0.1) is 0 Å². The zero-order valence-corrected chi connectivity index (χ0v) is 15.0. The number of nitrogens with one attached hydrogen (secondary N) is 1. The number of rotatable bonds is 6. The fourth-order valence-electron chi connectivity index (χ4n) is 1.89. The van der Waals surface area contributed by atoms with Crippen LogP contribution in [0.15, 0.2) is 37.9 Å². The average Bonchev–Trinajstić information content (AvgIpc) is 2.78. The maximum Gasteiger partial charge on any atom is 0.119 e. The Kier molecular flexibility index (Phi) is 6.04. The Morgan fingerprint density at radius 2 is 2.00 bits per heavy atom. The van der Waals surface area contributed by atoms with Gasteiger partial charge in [-0.05, 0) is 62.0 Å². The number of halogens is 2. The highest BCUT2D eigenvalue weighted by Gasteiger charge is 2.18. The lowest BCUT2D eigenvalue weighted by atomic mass is 10.0. The third-order valence-corrected chi connectivity index (χ3v) is 5.23. The molecule has 1 heterocycles. The Bertz CT molecular complexity index is 557. The number of hydrazine groups is 1. The van der Waals surface area contributed by atoms with Gasteiger partial charge in [-0.2, -0.15) is 0 Å². The SMILES string of the molecule is CCCOc1ccc(C(NN)c2cc(Br)sc2Br)cc1. The molecule has 3 N–H and O–H groups in total. The molecule has 1 aromatic heterocycles. The lowest BCUT2D eigenvalue weighted by Crippen LogP contribution is -2.28. The number of ether oxygens (including phenoxy) is 1. The molecule has 0 amide bonds. The molecule has 0 saturated carbocycles. The van der Waals surface area contributed by atoms with Crippen LogP contribution in [-0.2, 0) is 0 Å². The molecule has 3 nitrogen and oxygen atoms in total. The summed E-state index contributed by atoms with van der Waals surface area (Å²) in [5, 5.41) is 0. The fraction of sp³-hybridized carbons (Fsp3) is 0.286. The van der Waals surface area contributed by atoms with Crippen LogP contribution in [0.3, 0.4) is 0 Å². The van der Waals surface area contributed by atoms with Crippen LogP contribution in [0.1, 0.15) is 30.5 Å². The lowest BCUT2D eigenvalue weighted by molar-refractivity contribution is 0.317. The van der Waals surface area contributed by atoms with Crippen molar-refractivity contribution < 1.29 is 4.74 Å². The lowest BCUT2D eigenvalue weighted by Gasteiger charge is -2.16. The van der Waals surface area contributed by atoms with Crippen LogP contribution in [0.5, 0.6) is 5.75 Å². The van der Waals surface area contributed by atoms with Crippen molar-refractivity contribution in [1.29, 1.82) is 0 Å². The monoisotopic (exact) mass is 418 g/mol. The number of nitrogens with two attached hydrogens (primary N) is 1. The van der Waals surface area contributed by atoms with Crippen molar-refractivity contribution in [2.45, 2.75) is 19.4 Å². The van der Waals surface area contributed by atoms with E-state index in [0.29, 0.717) is 0 Å². The van der Waals surface area contributed by atoms with Gasteiger partial charge in [0.2, 0.25) is 0 Å². The van der Waals surface area contributed by atoms with Gasteiger partial charge in [0.05, 0.1) is 20.2 Å². The van der Waals surface area contributed by atoms with E-state index in [0.717, 1.165) is 37.5 Å². The van der Waals surface area contributed by atoms with Crippen molar-refractivity contribution in [1.82, 2.24) is 5.43 Å². The predicted molar refractivity (Wildman–Crippen MR) is 91.1 cm³/mol. The van der Waals surface area contributed by atoms with Crippen LogP contribution in [-0.4, -0.2) is 6.61 Å². The molecule has 0 bridgehead atoms. The molecular weight excluding hydrogens is 404 g/mol. The van der Waals surface area contributed by atoms with E-state index < -0.39 is 0 Å². The van der Waals surface area contributed by atoms with Crippen molar-refractivity contribution in [3.8, 4) is 5.75 Å². The smallest absolute Gasteiger partial charge is 0.119 e. The second kappa shape index (κ2) is 7.56. The van der Waals surface area contributed by atoms with E-state index in [2.05, 4.69) is 50.3 Å². The molecule has 1 unspecified atom stereocenters. The molecule has 108 valence electrons. The molecule has 0 aliphatic rings. The topological polar surface area (TPSA) is 47.3 Å². The zero-order valence-electron chi connectivity index (χ0n) is 11.0. The highest BCUT2D eigenvalue weighted by atomic mass is 79.9. The standard InChI is InChI=1S/C14H16Br2N2OS/c1-2-7-19-10-5-3-9(4-6-10)13(18-17)11-8-12(15)20-14(11)16/h3-6,8,13,18H,2,7,17H2,1H3. The van der Waals surface area contributed by atoms with Crippen LogP contribution in [0.4, 0.5) is 0 Å². The molecular formula is C14H16Br2N2OS. The molecule has 0 saturated heterocycles. The minimum Gasteiger partial charge on any atom is -0.494 e. The van der Waals surface area contributed by atoms with E-state index in [4.69, 9.17) is 10.6 Å². The molecule has 6 heteroatoms. The van der Waals surface area contributed by atoms with Crippen LogP contribution < -0.4 is 16.0 Å². The minimum atomic E-state index is -0.0489. The Labute approximate surface area is 139 Å². The maximum absolute atomic E-state index is 5.72. The minimum absolute atomic E-state index is 0.0489. The Morgan fingerprint density at radius 3 is 2.50 bits per heavy atom. The largest absolute Gasteiger partial charge is 0.494 e. The Balaban J connectivity index is 2.21. The summed E-state index contributed by atoms with van der Waals surface area (Å²) in [4.78, 5) is 0. The fourth-order valence-corrected chi connectivity index (χ4v) is 4.79. The quantitative estimate of drug-likeness (QED) is 0.530. The second-order valence-electron chi connectivity index (χ2n) is 4.30. The first kappa shape index (κ1) is 16.0. The van der Waals surface area contributed by atoms with Gasteiger partial charge in [-0.25, -0.2) is 5.43 Å². The Morgan fingerprint density at radius 1 is 1.30 bits per heavy atom. The van der Waals surface area contributed by atoms with Gasteiger partial charge in [0.15, 0.2) is 0 Å². The Hall–Kier alpha value is -0.400. The van der Waals surface area contributed by atoms with Gasteiger partial charge in [0.1, 0.15) is 5.75 Å². The molecule has 0 radical (unpaired) electrons. The van der Waals surface area contributed by atoms with E-state index >= 15 is 0 Å². The van der Waals surface area contributed by atoms with Crippen molar-refractivity contribution in [3.63, 3.8) is 0 Å². The van der Waals surface area contributed by atoms with Crippen LogP contribution in [0.2, 0.25) is 0 Å². The van der Waals surface area contributed by atoms with Crippen molar-refractivity contribution in [2.24, 2.45) is 5.84 Å². The van der Waals surface area contributed by atoms with Gasteiger partial charge >= 0.3 is 0 Å². The highest BCUT2D eigenvalue weighted by molar-refractivity contribution is 9.12. The summed E-state index contributed by atoms with van der Waals surface area (Å²) in [5.41, 5.74) is 5.08. The van der Waals surface area contributed by atoms with E-state index in [1.165, 1.54) is 0 Å². The maximum atomic E-state index is 5.72. The summed E-state index contributed by atoms with van der Waals surface area (Å²) in [7, 11) is 0. The van der Waals surface area contributed by atoms with Crippen LogP contribution in [0.25, 0.3) is 0 Å². The molecule has 0 spiro atoms. The molecule has 20 heavy (non-hydrogen) atoms. The summed E-state index contributed by atoms with van der Waals surface area (Å²) in [5.74, 6) is 6.61.